The van der Waals surface area contributed by atoms with Crippen molar-refractivity contribution < 1.29 is 14.0 Å². The number of piperazine rings is 1. The van der Waals surface area contributed by atoms with Crippen LogP contribution in [0.2, 0.25) is 0 Å². The molecule has 1 aromatic heterocycles. The van der Waals surface area contributed by atoms with E-state index in [0.29, 0.717) is 49.3 Å². The van der Waals surface area contributed by atoms with Gasteiger partial charge in [-0.3, -0.25) is 9.59 Å². The first kappa shape index (κ1) is 17.9. The van der Waals surface area contributed by atoms with E-state index < -0.39 is 0 Å². The summed E-state index contributed by atoms with van der Waals surface area (Å²) in [7, 11) is 0. The minimum atomic E-state index is -0.137. The first-order valence-corrected chi connectivity index (χ1v) is 8.69. The Labute approximate surface area is 152 Å². The van der Waals surface area contributed by atoms with Crippen LogP contribution in [0.1, 0.15) is 42.9 Å². The minimum Gasteiger partial charge on any atom is -0.408 e. The predicted molar refractivity (Wildman–Crippen MR) is 97.2 cm³/mol. The third kappa shape index (κ3) is 4.01. The molecular formula is C18H23N5O3. The molecule has 2 amide bonds. The molecule has 0 bridgehead atoms. The number of rotatable bonds is 4. The summed E-state index contributed by atoms with van der Waals surface area (Å²) in [6.07, 6.45) is 0. The van der Waals surface area contributed by atoms with Gasteiger partial charge in [0.05, 0.1) is 0 Å². The Morgan fingerprint density at radius 2 is 1.73 bits per heavy atom. The number of anilines is 2. The van der Waals surface area contributed by atoms with Gasteiger partial charge in [-0.25, -0.2) is 0 Å². The maximum atomic E-state index is 12.6. The van der Waals surface area contributed by atoms with Crippen LogP contribution in [0, 0.1) is 0 Å². The minimum absolute atomic E-state index is 0.0209. The summed E-state index contributed by atoms with van der Waals surface area (Å²) >= 11 is 0. The zero-order valence-corrected chi connectivity index (χ0v) is 15.2. The molecule has 0 unspecified atom stereocenters. The van der Waals surface area contributed by atoms with Crippen LogP contribution in [0.25, 0.3) is 0 Å². The monoisotopic (exact) mass is 357 g/mol. The summed E-state index contributed by atoms with van der Waals surface area (Å²) < 4.78 is 5.68. The van der Waals surface area contributed by atoms with Gasteiger partial charge in [-0.05, 0) is 24.3 Å². The van der Waals surface area contributed by atoms with E-state index in [9.17, 15) is 9.59 Å². The van der Waals surface area contributed by atoms with E-state index in [2.05, 4.69) is 15.5 Å². The lowest BCUT2D eigenvalue weighted by atomic mass is 10.1. The number of hydrogen-bond acceptors (Lipinski definition) is 6. The first-order valence-electron chi connectivity index (χ1n) is 8.69. The second kappa shape index (κ2) is 7.55. The average molecular weight is 357 g/mol. The van der Waals surface area contributed by atoms with Crippen LogP contribution in [0.4, 0.5) is 11.7 Å². The van der Waals surface area contributed by atoms with Crippen molar-refractivity contribution in [2.45, 2.75) is 26.7 Å². The molecule has 1 fully saturated rings. The Balaban J connectivity index is 1.58. The molecule has 2 aromatic rings. The normalized spacial score (nSPS) is 14.6. The fourth-order valence-electron chi connectivity index (χ4n) is 2.77. The van der Waals surface area contributed by atoms with Crippen LogP contribution in [0.3, 0.4) is 0 Å². The molecule has 1 N–H and O–H groups in total. The highest BCUT2D eigenvalue weighted by Gasteiger charge is 2.25. The lowest BCUT2D eigenvalue weighted by Crippen LogP contribution is -2.48. The Morgan fingerprint density at radius 3 is 2.27 bits per heavy atom. The second-order valence-electron chi connectivity index (χ2n) is 6.62. The molecule has 0 saturated carbocycles. The van der Waals surface area contributed by atoms with Gasteiger partial charge in [-0.1, -0.05) is 18.9 Å². The van der Waals surface area contributed by atoms with Gasteiger partial charge in [0, 0.05) is 50.3 Å². The maximum absolute atomic E-state index is 12.6. The number of aromatic nitrogens is 2. The van der Waals surface area contributed by atoms with E-state index in [1.54, 1.807) is 24.3 Å². The molecule has 0 aliphatic carbocycles. The molecule has 8 heteroatoms. The number of nitrogens with zero attached hydrogens (tertiary/aromatic N) is 4. The van der Waals surface area contributed by atoms with E-state index in [0.717, 1.165) is 0 Å². The van der Waals surface area contributed by atoms with Gasteiger partial charge in [-0.2, -0.15) is 0 Å². The number of carbonyl (C=O) groups excluding carboxylic acids is 2. The lowest BCUT2D eigenvalue weighted by Gasteiger charge is -2.33. The van der Waals surface area contributed by atoms with Crippen LogP contribution >= 0.6 is 0 Å². The van der Waals surface area contributed by atoms with Gasteiger partial charge < -0.3 is 19.5 Å². The fraction of sp³-hybridized carbons (Fsp3) is 0.444. The zero-order chi connectivity index (χ0) is 18.7. The van der Waals surface area contributed by atoms with E-state index in [-0.39, 0.29) is 17.7 Å². The molecule has 1 aliphatic rings. The highest BCUT2D eigenvalue weighted by molar-refractivity contribution is 5.95. The van der Waals surface area contributed by atoms with Gasteiger partial charge >= 0.3 is 6.01 Å². The lowest BCUT2D eigenvalue weighted by molar-refractivity contribution is -0.114. The van der Waals surface area contributed by atoms with Crippen molar-refractivity contribution in [2.75, 3.05) is 36.4 Å². The highest BCUT2D eigenvalue weighted by atomic mass is 16.4. The summed E-state index contributed by atoms with van der Waals surface area (Å²) in [6.45, 7) is 7.94. The van der Waals surface area contributed by atoms with E-state index in [1.165, 1.54) is 6.92 Å². The maximum Gasteiger partial charge on any atom is 0.318 e. The summed E-state index contributed by atoms with van der Waals surface area (Å²) in [4.78, 5) is 27.5. The van der Waals surface area contributed by atoms with Crippen molar-refractivity contribution in [1.82, 2.24) is 15.1 Å². The van der Waals surface area contributed by atoms with Gasteiger partial charge in [0.1, 0.15) is 0 Å². The highest BCUT2D eigenvalue weighted by Crippen LogP contribution is 2.20. The molecule has 0 atom stereocenters. The van der Waals surface area contributed by atoms with Crippen LogP contribution in [0.15, 0.2) is 28.7 Å². The van der Waals surface area contributed by atoms with E-state index in [4.69, 9.17) is 4.42 Å². The van der Waals surface area contributed by atoms with Crippen molar-refractivity contribution in [3.8, 4) is 0 Å². The zero-order valence-electron chi connectivity index (χ0n) is 15.2. The van der Waals surface area contributed by atoms with Crippen molar-refractivity contribution in [3.63, 3.8) is 0 Å². The molecule has 26 heavy (non-hydrogen) atoms. The number of hydrogen-bond donors (Lipinski definition) is 1. The Bertz CT molecular complexity index is 776. The molecular weight excluding hydrogens is 334 g/mol. The molecule has 0 radical (unpaired) electrons. The predicted octanol–water partition coefficient (Wildman–Crippen LogP) is 2.11. The van der Waals surface area contributed by atoms with Crippen molar-refractivity contribution in [1.29, 1.82) is 0 Å². The van der Waals surface area contributed by atoms with Gasteiger partial charge in [0.15, 0.2) is 0 Å². The summed E-state index contributed by atoms with van der Waals surface area (Å²) in [5, 5.41) is 10.8. The summed E-state index contributed by atoms with van der Waals surface area (Å²) in [5.74, 6) is 0.659. The van der Waals surface area contributed by atoms with Crippen molar-refractivity contribution >= 4 is 23.5 Å². The third-order valence-electron chi connectivity index (χ3n) is 4.21. The largest absolute Gasteiger partial charge is 0.408 e. The van der Waals surface area contributed by atoms with Gasteiger partial charge in [-0.15, -0.1) is 5.10 Å². The number of carbonyl (C=O) groups is 2. The number of benzene rings is 1. The smallest absolute Gasteiger partial charge is 0.318 e. The molecule has 3 rings (SSSR count). The van der Waals surface area contributed by atoms with Crippen molar-refractivity contribution in [3.05, 3.63) is 35.7 Å². The summed E-state index contributed by atoms with van der Waals surface area (Å²) in [5.41, 5.74) is 1.28. The molecule has 1 aliphatic heterocycles. The van der Waals surface area contributed by atoms with Crippen LogP contribution in [0.5, 0.6) is 0 Å². The topological polar surface area (TPSA) is 91.6 Å². The molecule has 1 aromatic carbocycles. The molecule has 0 spiro atoms. The van der Waals surface area contributed by atoms with Gasteiger partial charge in [0.25, 0.3) is 5.91 Å². The molecule has 2 heterocycles. The van der Waals surface area contributed by atoms with Crippen LogP contribution < -0.4 is 10.2 Å². The second-order valence-corrected chi connectivity index (χ2v) is 6.62. The van der Waals surface area contributed by atoms with E-state index in [1.807, 2.05) is 23.6 Å². The molecule has 1 saturated heterocycles. The Kier molecular flexibility index (Phi) is 5.20. The standard InChI is InChI=1S/C18H23N5O3/c1-12(2)16-20-21-18(26-16)23-10-8-22(9-11-23)17(25)14-4-6-15(7-5-14)19-13(3)24/h4-7,12H,8-11H2,1-3H3,(H,19,24). The summed E-state index contributed by atoms with van der Waals surface area (Å²) in [6, 6.07) is 7.44. The first-order chi connectivity index (χ1) is 12.4. The molecule has 138 valence electrons. The van der Waals surface area contributed by atoms with E-state index >= 15 is 0 Å². The molecule has 8 nitrogen and oxygen atoms in total. The van der Waals surface area contributed by atoms with Crippen molar-refractivity contribution in [2.24, 2.45) is 0 Å². The number of amides is 2. The van der Waals surface area contributed by atoms with Crippen LogP contribution in [-0.2, 0) is 4.79 Å². The van der Waals surface area contributed by atoms with Gasteiger partial charge in [0.2, 0.25) is 11.8 Å². The van der Waals surface area contributed by atoms with Crippen LogP contribution in [-0.4, -0.2) is 53.1 Å². The average Bonchev–Trinajstić information content (AvgIpc) is 3.12. The number of nitrogens with one attached hydrogen (secondary N) is 1. The SMILES string of the molecule is CC(=O)Nc1ccc(C(=O)N2CCN(c3nnc(C(C)C)o3)CC2)cc1. The fourth-order valence-corrected chi connectivity index (χ4v) is 2.77. The quantitative estimate of drug-likeness (QED) is 0.901. The Morgan fingerprint density at radius 1 is 1.08 bits per heavy atom. The Hall–Kier alpha value is -2.90. The third-order valence-corrected chi connectivity index (χ3v) is 4.21.